The molecule has 0 bridgehead atoms. The number of hydrogen-bond donors (Lipinski definition) is 0. The molecule has 0 aromatic rings. The molecule has 0 aliphatic carbocycles. The summed E-state index contributed by atoms with van der Waals surface area (Å²) in [7, 11) is 0. The Balaban J connectivity index is -0.00000000536. The molecule has 0 fully saturated rings. The summed E-state index contributed by atoms with van der Waals surface area (Å²) >= 11 is 6.39. The fourth-order valence-electron chi connectivity index (χ4n) is 0. The summed E-state index contributed by atoms with van der Waals surface area (Å²) in [5, 5.41) is 6.25. The van der Waals surface area contributed by atoms with Gasteiger partial charge in [0.05, 0.1) is 0 Å². The predicted molar refractivity (Wildman–Crippen MR) is 39.6 cm³/mol. The number of halogens is 2. The zero-order chi connectivity index (χ0) is 6.71. The van der Waals surface area contributed by atoms with Crippen molar-refractivity contribution < 1.29 is 41.0 Å². The van der Waals surface area contributed by atoms with Gasteiger partial charge in [0, 0.05) is 16.8 Å². The Morgan fingerprint density at radius 1 is 1.30 bits per heavy atom. The van der Waals surface area contributed by atoms with Crippen molar-refractivity contribution in [1.29, 1.82) is 5.26 Å². The molecule has 0 saturated carbocycles. The maximum Gasteiger partial charge on any atom is 0 e. The molecule has 3 nitrogen and oxygen atoms in total. The van der Waals surface area contributed by atoms with Gasteiger partial charge in [-0.05, 0) is 0 Å². The van der Waals surface area contributed by atoms with Crippen LogP contribution >= 0.6 is 26.9 Å². The van der Waals surface area contributed by atoms with Crippen LogP contribution < -0.4 is 0 Å². The van der Waals surface area contributed by atoms with Crippen molar-refractivity contribution in [1.82, 2.24) is 0 Å². The average Bonchev–Trinajstić information content (AvgIpc) is 1.78. The zero-order valence-corrected chi connectivity index (χ0v) is 11.8. The summed E-state index contributed by atoms with van der Waals surface area (Å²) in [6.45, 7) is 8.00. The van der Waals surface area contributed by atoms with Crippen LogP contribution in [-0.2, 0) is 35.5 Å². The summed E-state index contributed by atoms with van der Waals surface area (Å²) in [5.41, 5.74) is 0. The number of rotatable bonds is 0. The minimum Gasteiger partial charge on any atom is -0.545 e. The summed E-state index contributed by atoms with van der Waals surface area (Å²) in [6, 6.07) is 0. The van der Waals surface area contributed by atoms with E-state index in [1.165, 1.54) is 0 Å². The van der Waals surface area contributed by atoms with Crippen LogP contribution in [0, 0.1) is 19.3 Å². The minimum absolute atomic E-state index is 0. The summed E-state index contributed by atoms with van der Waals surface area (Å²) in [4.78, 5) is 7.75. The maximum atomic E-state index is 7.75. The smallest absolute Gasteiger partial charge is 0 e. The fourth-order valence-corrected chi connectivity index (χ4v) is 0. The Morgan fingerprint density at radius 3 is 1.30 bits per heavy atom. The molecule has 0 aromatic carbocycles. The molecule has 0 atom stereocenters. The van der Waals surface area contributed by atoms with Gasteiger partial charge >= 0.3 is 40.8 Å². The molecule has 10 heavy (non-hydrogen) atoms. The van der Waals surface area contributed by atoms with E-state index in [0.717, 1.165) is 0 Å². The van der Waals surface area contributed by atoms with Crippen LogP contribution in [0.15, 0.2) is 0 Å². The molecule has 0 aliphatic rings. The molecule has 0 heterocycles. The van der Waals surface area contributed by atoms with Gasteiger partial charge in [0.1, 0.15) is 0 Å². The predicted octanol–water partition coefficient (Wildman–Crippen LogP) is 1.13. The molecular weight excluding hydrogens is 487 g/mol. The van der Waals surface area contributed by atoms with Crippen molar-refractivity contribution in [2.24, 2.45) is 0 Å². The summed E-state index contributed by atoms with van der Waals surface area (Å²) in [5.74, 6) is 0. The van der Waals surface area contributed by atoms with Gasteiger partial charge in [-0.3, -0.25) is 6.79 Å². The zero-order valence-electron chi connectivity index (χ0n) is 4.90. The minimum atomic E-state index is -0.0417. The Morgan fingerprint density at radius 2 is 1.30 bits per heavy atom. The van der Waals surface area contributed by atoms with E-state index >= 15 is 0 Å². The van der Waals surface area contributed by atoms with Crippen molar-refractivity contribution in [3.05, 3.63) is 14.0 Å². The van der Waals surface area contributed by atoms with Crippen LogP contribution in [0.1, 0.15) is 0 Å². The van der Waals surface area contributed by atoms with Gasteiger partial charge in [-0.1, -0.05) is 0 Å². The molecule has 2 N–H and O–H groups in total. The van der Waals surface area contributed by atoms with Gasteiger partial charge in [-0.25, -0.2) is 0 Å². The third-order valence-corrected chi connectivity index (χ3v) is 0. The van der Waals surface area contributed by atoms with Crippen molar-refractivity contribution in [3.8, 4) is 0 Å². The molecule has 0 unspecified atom stereocenters. The summed E-state index contributed by atoms with van der Waals surface area (Å²) < 4.78 is 0. The van der Waals surface area contributed by atoms with Gasteiger partial charge in [-0.15, -0.1) is 0 Å². The summed E-state index contributed by atoms with van der Waals surface area (Å²) in [6.07, 6.45) is 0. The second-order valence-corrected chi connectivity index (χ2v) is 11.9. The average molecular weight is 493 g/mol. The molecule has 0 rings (SSSR count). The Hall–Kier alpha value is 1.25. The Bertz CT molecular complexity index is 42.9. The van der Waals surface area contributed by atoms with E-state index in [1.54, 1.807) is 0 Å². The maximum absolute atomic E-state index is 7.75. The SMILES string of the molecule is O.[Br][Re][Br].[C-]#N.[CH-]=O.[CH3-].[Co]. The van der Waals surface area contributed by atoms with Gasteiger partial charge in [0.2, 0.25) is 0 Å². The van der Waals surface area contributed by atoms with Crippen LogP contribution in [0.5, 0.6) is 0 Å². The second kappa shape index (κ2) is 173. The Kier molecular flexibility index (Phi) is 743. The quantitative estimate of drug-likeness (QED) is 0.376. The molecule has 0 spiro atoms. The molecule has 0 aliphatic heterocycles. The van der Waals surface area contributed by atoms with E-state index in [-0.39, 0.29) is 43.6 Å². The van der Waals surface area contributed by atoms with Crippen LogP contribution in [0.2, 0.25) is 0 Å². The first kappa shape index (κ1) is 42.9. The van der Waals surface area contributed by atoms with Crippen molar-refractivity contribution in [2.45, 2.75) is 0 Å². The molecule has 0 aromatic heterocycles. The van der Waals surface area contributed by atoms with Crippen molar-refractivity contribution in [2.75, 3.05) is 0 Å². The van der Waals surface area contributed by atoms with E-state index in [9.17, 15) is 0 Å². The van der Waals surface area contributed by atoms with Gasteiger partial charge in [-0.2, -0.15) is 0 Å². The van der Waals surface area contributed by atoms with E-state index in [0.29, 0.717) is 0 Å². The number of carbonyl (C=O) groups excluding carboxylic acids is 1. The normalized spacial score (nSPS) is 2.40. The van der Waals surface area contributed by atoms with Crippen molar-refractivity contribution >= 4 is 33.6 Å². The first-order valence-electron chi connectivity index (χ1n) is 0.745. The third kappa shape index (κ3) is 404. The van der Waals surface area contributed by atoms with Gasteiger partial charge in [0.15, 0.2) is 0 Å². The molecule has 1 radical (unpaired) electrons. The molecule has 0 amide bonds. The molecule has 0 saturated heterocycles. The van der Waals surface area contributed by atoms with E-state index in [1.807, 2.05) is 0 Å². The van der Waals surface area contributed by atoms with E-state index in [2.05, 4.69) is 33.6 Å². The third-order valence-electron chi connectivity index (χ3n) is 0. The van der Waals surface area contributed by atoms with Crippen LogP contribution in [0.4, 0.5) is 0 Å². The second-order valence-electron chi connectivity index (χ2n) is 0.0540. The fraction of sp³-hybridized carbons (Fsp3) is 0. The van der Waals surface area contributed by atoms with Crippen LogP contribution in [0.25, 0.3) is 0 Å². The van der Waals surface area contributed by atoms with Crippen LogP contribution in [-0.4, -0.2) is 12.3 Å². The topological polar surface area (TPSA) is 72.4 Å². The first-order valence-corrected chi connectivity index (χ1v) is 12.6. The van der Waals surface area contributed by atoms with Gasteiger partial charge in [0.25, 0.3) is 0 Å². The van der Waals surface area contributed by atoms with E-state index < -0.39 is 0 Å². The Labute approximate surface area is 93.1 Å². The monoisotopic (exact) mass is 492 g/mol. The van der Waals surface area contributed by atoms with Gasteiger partial charge < -0.3 is 29.5 Å². The molecular formula is C3H6Br2CoNO2Re-3. The number of nitrogens with zero attached hydrogens (tertiary/aromatic N) is 1. The largest absolute Gasteiger partial charge is 0.545 e. The van der Waals surface area contributed by atoms with Crippen LogP contribution in [0.3, 0.4) is 0 Å². The van der Waals surface area contributed by atoms with Crippen molar-refractivity contribution in [3.63, 3.8) is 0 Å². The van der Waals surface area contributed by atoms with E-state index in [4.69, 9.17) is 16.6 Å². The first-order chi connectivity index (χ1) is 3.41. The molecule has 68 valence electrons. The molecule has 7 heteroatoms. The standard InChI is InChI=1S/CN.CHO.CH3.2BrH.Co.H2O.Re/c2*1-2;;;;;;/h;1H;1H3;2*1H;;1H2;/q3*-1;;;;;+2/p-2. The number of hydrogen-bond acceptors (Lipinski definition) is 2.